The van der Waals surface area contributed by atoms with Crippen LogP contribution < -0.4 is 50.2 Å². The zero-order valence-corrected chi connectivity index (χ0v) is 39.2. The van der Waals surface area contributed by atoms with E-state index < -0.39 is 17.3 Å². The van der Waals surface area contributed by atoms with Gasteiger partial charge in [0, 0.05) is 44.5 Å². The number of nitrogens with one attached hydrogen (secondary N) is 3. The van der Waals surface area contributed by atoms with Crippen molar-refractivity contribution in [2.75, 3.05) is 111 Å². The van der Waals surface area contributed by atoms with Gasteiger partial charge in [-0.15, -0.1) is 0 Å². The minimum atomic E-state index is -0.583. The van der Waals surface area contributed by atoms with Gasteiger partial charge in [0.25, 0.3) is 0 Å². The van der Waals surface area contributed by atoms with Crippen LogP contribution in [-0.4, -0.2) is 126 Å². The van der Waals surface area contributed by atoms with Crippen molar-refractivity contribution in [3.8, 4) is 17.2 Å². The lowest BCUT2D eigenvalue weighted by atomic mass is 10.2. The topological polar surface area (TPSA) is 225 Å². The van der Waals surface area contributed by atoms with E-state index in [0.29, 0.717) is 86.9 Å². The Balaban J connectivity index is 0.000000188. The number of nitrogens with zero attached hydrogens (tertiary/aromatic N) is 5. The van der Waals surface area contributed by atoms with Gasteiger partial charge in [0.2, 0.25) is 5.91 Å². The molecule has 7 rings (SSSR count). The van der Waals surface area contributed by atoms with Crippen LogP contribution in [-0.2, 0) is 30.3 Å². The molecule has 0 radical (unpaired) electrons. The molecule has 5 N–H and O–H groups in total. The van der Waals surface area contributed by atoms with Gasteiger partial charge in [-0.1, -0.05) is 0 Å². The second kappa shape index (κ2) is 22.8. The van der Waals surface area contributed by atoms with Gasteiger partial charge >= 0.3 is 18.2 Å². The van der Waals surface area contributed by atoms with E-state index in [0.717, 1.165) is 29.4 Å². The molecular weight excluding hydrogens is 855 g/mol. The average Bonchev–Trinajstić information content (AvgIpc) is 3.78. The van der Waals surface area contributed by atoms with Crippen molar-refractivity contribution in [2.24, 2.45) is 0 Å². The number of ether oxygens (including phenoxy) is 7. The standard InChI is InChI=1S/C17H23N5O3.C16H22N2O5.C13H18N2O3/c1-18-17(23)22(6-7-24-2)14-3-4-16-15(9-14)21(5-8-25-16)11-13-10-19-12-20-13;1-16(2,3)23-15(20)18-7-8-22-13-6-5-11(9-12(13)18)17-14(19)10-21-4;1-13(2,3)18-12(16)15-6-7-17-11-5-4-9(14)8-10(11)15/h3-4,9-10,12H,5-8,11H2,1-2H3,(H,18,23)(H,19,20);5-6,9H,7-8,10H2,1-4H3,(H,17,19);4-5,8H,6-7,14H2,1-3H3. The van der Waals surface area contributed by atoms with Crippen LogP contribution in [0.2, 0.25) is 0 Å². The van der Waals surface area contributed by atoms with Gasteiger partial charge in [0.05, 0.1) is 68.4 Å². The quantitative estimate of drug-likeness (QED) is 0.133. The number of nitrogen functional groups attached to an aromatic ring is 1. The maximum atomic E-state index is 12.4. The number of imidazole rings is 1. The normalized spacial score (nSPS) is 13.8. The molecule has 3 aliphatic rings. The molecule has 4 heterocycles. The summed E-state index contributed by atoms with van der Waals surface area (Å²) in [5.41, 5.74) is 9.81. The summed E-state index contributed by atoms with van der Waals surface area (Å²) in [6.45, 7) is 15.6. The van der Waals surface area contributed by atoms with Crippen LogP contribution in [0.5, 0.6) is 17.2 Å². The number of fused-ring (bicyclic) bond motifs is 3. The van der Waals surface area contributed by atoms with E-state index in [4.69, 9.17) is 38.9 Å². The number of carbonyl (C=O) groups is 4. The summed E-state index contributed by atoms with van der Waals surface area (Å²) in [5.74, 6) is 1.78. The monoisotopic (exact) mass is 917 g/mol. The predicted octanol–water partition coefficient (Wildman–Crippen LogP) is 6.41. The first kappa shape index (κ1) is 50.1. The van der Waals surface area contributed by atoms with E-state index in [-0.39, 0.29) is 24.6 Å². The van der Waals surface area contributed by atoms with Crippen LogP contribution in [0.4, 0.5) is 48.5 Å². The molecule has 3 aliphatic heterocycles. The number of anilines is 6. The number of urea groups is 1. The fraction of sp³-hybridized carbons (Fsp3) is 0.457. The van der Waals surface area contributed by atoms with Crippen LogP contribution >= 0.6 is 0 Å². The first-order valence-electron chi connectivity index (χ1n) is 21.5. The number of benzene rings is 3. The molecule has 4 aromatic rings. The first-order valence-corrected chi connectivity index (χ1v) is 21.5. The third-order valence-corrected chi connectivity index (χ3v) is 9.56. The van der Waals surface area contributed by atoms with Gasteiger partial charge in [0.1, 0.15) is 54.9 Å². The van der Waals surface area contributed by atoms with Crippen molar-refractivity contribution in [1.29, 1.82) is 0 Å². The van der Waals surface area contributed by atoms with E-state index in [1.165, 1.54) is 12.0 Å². The van der Waals surface area contributed by atoms with Crippen molar-refractivity contribution >= 4 is 58.2 Å². The smallest absolute Gasteiger partial charge is 0.415 e. The Kier molecular flexibility index (Phi) is 17.3. The Morgan fingerprint density at radius 3 is 1.91 bits per heavy atom. The van der Waals surface area contributed by atoms with Gasteiger partial charge in [0.15, 0.2) is 0 Å². The maximum absolute atomic E-state index is 12.4. The molecule has 0 aliphatic carbocycles. The van der Waals surface area contributed by atoms with Crippen molar-refractivity contribution in [1.82, 2.24) is 15.3 Å². The summed E-state index contributed by atoms with van der Waals surface area (Å²) >= 11 is 0. The van der Waals surface area contributed by atoms with Crippen molar-refractivity contribution in [3.63, 3.8) is 0 Å². The fourth-order valence-corrected chi connectivity index (χ4v) is 6.71. The summed E-state index contributed by atoms with van der Waals surface area (Å²) in [5, 5.41) is 5.38. The average molecular weight is 918 g/mol. The highest BCUT2D eigenvalue weighted by atomic mass is 16.6. The minimum absolute atomic E-state index is 0.0383. The van der Waals surface area contributed by atoms with Crippen LogP contribution in [0.3, 0.4) is 0 Å². The third kappa shape index (κ3) is 14.3. The molecule has 20 nitrogen and oxygen atoms in total. The molecule has 0 saturated carbocycles. The second-order valence-electron chi connectivity index (χ2n) is 17.1. The fourth-order valence-electron chi connectivity index (χ4n) is 6.71. The Labute approximate surface area is 385 Å². The second-order valence-corrected chi connectivity index (χ2v) is 17.1. The number of aromatic amines is 1. The van der Waals surface area contributed by atoms with Gasteiger partial charge in [-0.25, -0.2) is 19.4 Å². The Bertz CT molecular complexity index is 2260. The van der Waals surface area contributed by atoms with E-state index in [1.54, 1.807) is 66.7 Å². The summed E-state index contributed by atoms with van der Waals surface area (Å²) in [4.78, 5) is 62.4. The number of amides is 5. The highest BCUT2D eigenvalue weighted by Gasteiger charge is 2.30. The number of methoxy groups -OCH3 is 2. The van der Waals surface area contributed by atoms with Crippen molar-refractivity contribution in [3.05, 3.63) is 72.8 Å². The molecule has 0 bridgehead atoms. The highest BCUT2D eigenvalue weighted by Crippen LogP contribution is 2.38. The van der Waals surface area contributed by atoms with Crippen LogP contribution in [0.25, 0.3) is 0 Å². The molecule has 0 saturated heterocycles. The largest absolute Gasteiger partial charge is 0.490 e. The van der Waals surface area contributed by atoms with Crippen molar-refractivity contribution < 1.29 is 52.3 Å². The van der Waals surface area contributed by atoms with Gasteiger partial charge in [-0.3, -0.25) is 19.5 Å². The molecule has 358 valence electrons. The molecule has 0 fully saturated rings. The molecule has 0 atom stereocenters. The lowest BCUT2D eigenvalue weighted by Crippen LogP contribution is -2.41. The Hall–Kier alpha value is -6.93. The maximum Gasteiger partial charge on any atom is 0.415 e. The molecule has 20 heteroatoms. The molecular formula is C46H63N9O11. The number of nitrogens with two attached hydrogens (primary N) is 1. The Morgan fingerprint density at radius 1 is 0.773 bits per heavy atom. The first-order chi connectivity index (χ1) is 31.4. The lowest BCUT2D eigenvalue weighted by Gasteiger charge is -2.32. The zero-order valence-electron chi connectivity index (χ0n) is 39.2. The summed E-state index contributed by atoms with van der Waals surface area (Å²) < 4.78 is 37.5. The van der Waals surface area contributed by atoms with E-state index in [1.807, 2.05) is 65.9 Å². The van der Waals surface area contributed by atoms with Crippen molar-refractivity contribution in [2.45, 2.75) is 59.3 Å². The SMILES string of the molecule is CC(C)(C)OC(=O)N1CCOc2ccc(N)cc21.CNC(=O)N(CCOC)c1ccc2c(c1)N(Cc1cnc[nH]1)CCO2.COCC(=O)Nc1ccc2c(c1)N(C(=O)OC(C)(C)C)CCO2. The van der Waals surface area contributed by atoms with Gasteiger partial charge in [-0.05, 0) is 96.1 Å². The number of carbonyl (C=O) groups excluding carboxylic acids is 4. The van der Waals surface area contributed by atoms with Gasteiger partial charge in [-0.2, -0.15) is 0 Å². The number of aromatic nitrogens is 2. The molecule has 0 unspecified atom stereocenters. The van der Waals surface area contributed by atoms with Crippen LogP contribution in [0.15, 0.2) is 67.1 Å². The number of rotatable bonds is 9. The van der Waals surface area contributed by atoms with E-state index in [9.17, 15) is 19.2 Å². The summed E-state index contributed by atoms with van der Waals surface area (Å²) in [6.07, 6.45) is 2.67. The molecule has 3 aromatic carbocycles. The number of hydrogen-bond acceptors (Lipinski definition) is 14. The minimum Gasteiger partial charge on any atom is -0.490 e. The van der Waals surface area contributed by atoms with E-state index >= 15 is 0 Å². The summed E-state index contributed by atoms with van der Waals surface area (Å²) in [7, 11) is 4.69. The molecule has 5 amide bonds. The predicted molar refractivity (Wildman–Crippen MR) is 251 cm³/mol. The van der Waals surface area contributed by atoms with E-state index in [2.05, 4.69) is 25.5 Å². The molecule has 0 spiro atoms. The lowest BCUT2D eigenvalue weighted by molar-refractivity contribution is -0.119. The Morgan fingerprint density at radius 2 is 1.35 bits per heavy atom. The van der Waals surface area contributed by atoms with Crippen LogP contribution in [0, 0.1) is 0 Å². The van der Waals surface area contributed by atoms with Crippen LogP contribution in [0.1, 0.15) is 47.2 Å². The van der Waals surface area contributed by atoms with Gasteiger partial charge < -0.3 is 59.4 Å². The summed E-state index contributed by atoms with van der Waals surface area (Å²) in [6, 6.07) is 16.0. The third-order valence-electron chi connectivity index (χ3n) is 9.56. The number of H-pyrrole nitrogens is 1. The highest BCUT2D eigenvalue weighted by molar-refractivity contribution is 5.96. The zero-order chi connectivity index (χ0) is 48.0. The molecule has 66 heavy (non-hydrogen) atoms. The number of hydrogen-bond donors (Lipinski definition) is 4. The molecule has 1 aromatic heterocycles.